The molecule has 5 nitrogen and oxygen atoms in total. The van der Waals surface area contributed by atoms with Crippen LogP contribution in [0.25, 0.3) is 0 Å². The van der Waals surface area contributed by atoms with Gasteiger partial charge in [-0.3, -0.25) is 9.36 Å². The summed E-state index contributed by atoms with van der Waals surface area (Å²) in [4.78, 5) is 0. The maximum absolute atomic E-state index is 4.51. The second-order valence-electron chi connectivity index (χ2n) is 4.35. The lowest BCUT2D eigenvalue weighted by Crippen LogP contribution is -2.22. The highest BCUT2D eigenvalue weighted by molar-refractivity contribution is 5.29. The Bertz CT molecular complexity index is 511. The molecule has 1 atom stereocenters. The van der Waals surface area contributed by atoms with Gasteiger partial charge in [0.2, 0.25) is 0 Å². The van der Waals surface area contributed by atoms with E-state index < -0.39 is 0 Å². The van der Waals surface area contributed by atoms with Crippen LogP contribution in [0.4, 0.5) is 0 Å². The van der Waals surface area contributed by atoms with E-state index in [2.05, 4.69) is 41.6 Å². The molecule has 0 bridgehead atoms. The average Bonchev–Trinajstić information content (AvgIpc) is 2.97. The maximum Gasteiger partial charge on any atom is 0.0779 e. The van der Waals surface area contributed by atoms with E-state index in [4.69, 9.17) is 0 Å². The van der Waals surface area contributed by atoms with Gasteiger partial charge in [0.25, 0.3) is 0 Å². The van der Waals surface area contributed by atoms with E-state index in [0.29, 0.717) is 0 Å². The first-order valence-corrected chi connectivity index (χ1v) is 6.42. The summed E-state index contributed by atoms with van der Waals surface area (Å²) in [5, 5.41) is 12.2. The van der Waals surface area contributed by atoms with E-state index >= 15 is 0 Å². The molecule has 2 aromatic rings. The Balaban J connectivity index is 2.44. The number of aryl methyl sites for hydroxylation is 3. The third kappa shape index (κ3) is 2.18. The molecule has 98 valence electrons. The zero-order chi connectivity index (χ0) is 13.1. The summed E-state index contributed by atoms with van der Waals surface area (Å²) >= 11 is 0. The number of nitrogens with one attached hydrogen (secondary N) is 1. The van der Waals surface area contributed by atoms with Crippen molar-refractivity contribution in [1.29, 1.82) is 0 Å². The molecule has 1 unspecified atom stereocenters. The van der Waals surface area contributed by atoms with Gasteiger partial charge >= 0.3 is 0 Å². The first-order chi connectivity index (χ1) is 8.71. The summed E-state index contributed by atoms with van der Waals surface area (Å²) < 4.78 is 3.90. The molecule has 2 heterocycles. The first-order valence-electron chi connectivity index (χ1n) is 6.42. The lowest BCUT2D eigenvalue weighted by molar-refractivity contribution is 0.561. The maximum atomic E-state index is 4.51. The van der Waals surface area contributed by atoms with Crippen molar-refractivity contribution < 1.29 is 0 Å². The van der Waals surface area contributed by atoms with Crippen LogP contribution in [0.3, 0.4) is 0 Å². The second kappa shape index (κ2) is 5.35. The molecule has 18 heavy (non-hydrogen) atoms. The summed E-state index contributed by atoms with van der Waals surface area (Å²) in [7, 11) is 3.94. The predicted octanol–water partition coefficient (Wildman–Crippen LogP) is 1.51. The van der Waals surface area contributed by atoms with Crippen molar-refractivity contribution >= 4 is 0 Å². The van der Waals surface area contributed by atoms with Crippen molar-refractivity contribution in [3.05, 3.63) is 35.4 Å². The molecule has 0 saturated carbocycles. The van der Waals surface area contributed by atoms with Crippen LogP contribution in [0.5, 0.6) is 0 Å². The van der Waals surface area contributed by atoms with Crippen molar-refractivity contribution in [2.75, 3.05) is 7.05 Å². The summed E-state index contributed by atoms with van der Waals surface area (Å²) in [5.41, 5.74) is 3.56. The van der Waals surface area contributed by atoms with Crippen LogP contribution in [0, 0.1) is 0 Å². The Kier molecular flexibility index (Phi) is 3.81. The highest BCUT2D eigenvalue weighted by atomic mass is 15.3. The molecule has 2 rings (SSSR count). The standard InChI is InChI=1S/C13H21N5/c1-5-11-10(9-17(4)16-11)13(14-3)12-7-8-15-18(12)6-2/h7-9,13-14H,5-6H2,1-4H3. The Morgan fingerprint density at radius 2 is 2.17 bits per heavy atom. The molecular formula is C13H21N5. The number of aromatic nitrogens is 4. The SMILES string of the molecule is CCc1nn(C)cc1C(NC)c1ccnn1CC. The lowest BCUT2D eigenvalue weighted by atomic mass is 10.0. The topological polar surface area (TPSA) is 47.7 Å². The summed E-state index contributed by atoms with van der Waals surface area (Å²) in [6.45, 7) is 5.12. The molecule has 0 fully saturated rings. The Morgan fingerprint density at radius 3 is 2.78 bits per heavy atom. The van der Waals surface area contributed by atoms with Gasteiger partial charge in [0.15, 0.2) is 0 Å². The van der Waals surface area contributed by atoms with Crippen LogP contribution in [0.1, 0.15) is 36.8 Å². The lowest BCUT2D eigenvalue weighted by Gasteiger charge is -2.17. The fraction of sp³-hybridized carbons (Fsp3) is 0.538. The monoisotopic (exact) mass is 247 g/mol. The zero-order valence-electron chi connectivity index (χ0n) is 11.5. The van der Waals surface area contributed by atoms with Gasteiger partial charge in [-0.1, -0.05) is 6.92 Å². The highest BCUT2D eigenvalue weighted by Crippen LogP contribution is 2.24. The van der Waals surface area contributed by atoms with Gasteiger partial charge in [-0.05, 0) is 26.5 Å². The molecule has 0 aliphatic rings. The van der Waals surface area contributed by atoms with Gasteiger partial charge in [0.1, 0.15) is 0 Å². The third-order valence-electron chi connectivity index (χ3n) is 3.22. The zero-order valence-corrected chi connectivity index (χ0v) is 11.5. The molecule has 1 N–H and O–H groups in total. The molecule has 0 spiro atoms. The van der Waals surface area contributed by atoms with Crippen molar-refractivity contribution in [2.45, 2.75) is 32.9 Å². The second-order valence-corrected chi connectivity index (χ2v) is 4.35. The van der Waals surface area contributed by atoms with E-state index in [1.165, 1.54) is 11.3 Å². The van der Waals surface area contributed by atoms with E-state index in [0.717, 1.165) is 18.7 Å². The minimum Gasteiger partial charge on any atom is -0.308 e. The van der Waals surface area contributed by atoms with Crippen molar-refractivity contribution in [2.24, 2.45) is 7.05 Å². The van der Waals surface area contributed by atoms with E-state index in [-0.39, 0.29) is 6.04 Å². The van der Waals surface area contributed by atoms with E-state index in [1.54, 1.807) is 0 Å². The summed E-state index contributed by atoms with van der Waals surface area (Å²) in [5.74, 6) is 0. The normalized spacial score (nSPS) is 12.9. The molecular weight excluding hydrogens is 226 g/mol. The largest absolute Gasteiger partial charge is 0.308 e. The molecule has 0 saturated heterocycles. The Morgan fingerprint density at radius 1 is 1.39 bits per heavy atom. The molecule has 2 aromatic heterocycles. The molecule has 0 aromatic carbocycles. The van der Waals surface area contributed by atoms with Gasteiger partial charge in [0.05, 0.1) is 17.4 Å². The van der Waals surface area contributed by atoms with Gasteiger partial charge in [-0.15, -0.1) is 0 Å². The highest BCUT2D eigenvalue weighted by Gasteiger charge is 2.20. The number of nitrogens with zero attached hydrogens (tertiary/aromatic N) is 4. The first kappa shape index (κ1) is 12.8. The quantitative estimate of drug-likeness (QED) is 0.871. The van der Waals surface area contributed by atoms with Crippen LogP contribution in [-0.2, 0) is 20.0 Å². The predicted molar refractivity (Wildman–Crippen MR) is 71.4 cm³/mol. The van der Waals surface area contributed by atoms with Crippen molar-refractivity contribution in [3.8, 4) is 0 Å². The molecule has 5 heteroatoms. The fourth-order valence-electron chi connectivity index (χ4n) is 2.38. The van der Waals surface area contributed by atoms with Gasteiger partial charge in [-0.2, -0.15) is 10.2 Å². The third-order valence-corrected chi connectivity index (χ3v) is 3.22. The number of hydrogen-bond donors (Lipinski definition) is 1. The molecule has 0 amide bonds. The van der Waals surface area contributed by atoms with E-state index in [9.17, 15) is 0 Å². The van der Waals surface area contributed by atoms with Crippen molar-refractivity contribution in [3.63, 3.8) is 0 Å². The Hall–Kier alpha value is -1.62. The Labute approximate surface area is 108 Å². The van der Waals surface area contributed by atoms with Gasteiger partial charge < -0.3 is 5.32 Å². The van der Waals surface area contributed by atoms with E-state index in [1.807, 2.05) is 29.7 Å². The van der Waals surface area contributed by atoms with Gasteiger partial charge in [0, 0.05) is 31.5 Å². The smallest absolute Gasteiger partial charge is 0.0779 e. The van der Waals surface area contributed by atoms with Crippen LogP contribution in [0.15, 0.2) is 18.5 Å². The minimum atomic E-state index is 0.149. The summed E-state index contributed by atoms with van der Waals surface area (Å²) in [6.07, 6.45) is 4.88. The van der Waals surface area contributed by atoms with Crippen LogP contribution in [0.2, 0.25) is 0 Å². The fourth-order valence-corrected chi connectivity index (χ4v) is 2.38. The summed E-state index contributed by atoms with van der Waals surface area (Å²) in [6, 6.07) is 2.22. The number of rotatable bonds is 5. The minimum absolute atomic E-state index is 0.149. The van der Waals surface area contributed by atoms with Crippen molar-refractivity contribution in [1.82, 2.24) is 24.9 Å². The average molecular weight is 247 g/mol. The van der Waals surface area contributed by atoms with Crippen LogP contribution >= 0.6 is 0 Å². The molecule has 0 aliphatic carbocycles. The van der Waals surface area contributed by atoms with Crippen LogP contribution < -0.4 is 5.32 Å². The number of hydrogen-bond acceptors (Lipinski definition) is 3. The molecule has 0 radical (unpaired) electrons. The van der Waals surface area contributed by atoms with Crippen LogP contribution in [-0.4, -0.2) is 26.6 Å². The molecule has 0 aliphatic heterocycles. The van der Waals surface area contributed by atoms with Gasteiger partial charge in [-0.25, -0.2) is 0 Å².